The zero-order valence-corrected chi connectivity index (χ0v) is 25.5. The van der Waals surface area contributed by atoms with Crippen molar-refractivity contribution in [2.75, 3.05) is 31.6 Å². The summed E-state index contributed by atoms with van der Waals surface area (Å²) in [7, 11) is 0. The minimum absolute atomic E-state index is 0.570. The number of hydrogen-bond donors (Lipinski definition) is 2. The van der Waals surface area contributed by atoms with Crippen molar-refractivity contribution in [2.45, 2.75) is 48.0 Å². The molecule has 218 valence electrons. The van der Waals surface area contributed by atoms with Crippen LogP contribution < -0.4 is 20.1 Å². The third-order valence-corrected chi connectivity index (χ3v) is 7.35. The highest BCUT2D eigenvalue weighted by Crippen LogP contribution is 2.37. The Kier molecular flexibility index (Phi) is 9.03. The number of hydrazone groups is 1. The van der Waals surface area contributed by atoms with Crippen LogP contribution in [-0.4, -0.2) is 53.6 Å². The summed E-state index contributed by atoms with van der Waals surface area (Å²) in [6.45, 7) is 15.6. The molecule has 42 heavy (non-hydrogen) atoms. The smallest absolute Gasteiger partial charge is 0.248 e. The van der Waals surface area contributed by atoms with Gasteiger partial charge in [0.1, 0.15) is 17.3 Å². The largest absolute Gasteiger partial charge is 0.475 e. The summed E-state index contributed by atoms with van der Waals surface area (Å²) < 4.78 is 15.1. The van der Waals surface area contributed by atoms with E-state index in [4.69, 9.17) is 14.5 Å². The van der Waals surface area contributed by atoms with Crippen molar-refractivity contribution in [3.63, 3.8) is 0 Å². The number of benzene rings is 2. The number of hydrogen-bond acceptors (Lipinski definition) is 6. The lowest BCUT2D eigenvalue weighted by molar-refractivity contribution is -0.449. The maximum absolute atomic E-state index is 6.39. The lowest BCUT2D eigenvalue weighted by Gasteiger charge is -2.25. The molecular weight excluding hydrogens is 524 g/mol. The molecule has 0 aromatic heterocycles. The predicted octanol–water partition coefficient (Wildman–Crippen LogP) is 6.56. The van der Waals surface area contributed by atoms with Gasteiger partial charge in [0.15, 0.2) is 13.2 Å². The Morgan fingerprint density at radius 2 is 2.05 bits per heavy atom. The van der Waals surface area contributed by atoms with Gasteiger partial charge in [-0.25, -0.2) is 10.0 Å². The molecule has 8 heteroatoms. The van der Waals surface area contributed by atoms with E-state index in [0.717, 1.165) is 88.5 Å². The minimum Gasteiger partial charge on any atom is -0.475 e. The van der Waals surface area contributed by atoms with Crippen molar-refractivity contribution in [2.24, 2.45) is 10.1 Å². The number of nitrogens with one attached hydrogen (secondary N) is 2. The third kappa shape index (κ3) is 6.24. The molecule has 0 spiro atoms. The first-order valence-electron chi connectivity index (χ1n) is 14.6. The number of fused-ring (bicyclic) bond motifs is 2. The molecule has 5 rings (SSSR count). The topological polar surface area (TPSA) is 73.5 Å². The second-order valence-corrected chi connectivity index (χ2v) is 10.7. The molecule has 0 unspecified atom stereocenters. The average Bonchev–Trinajstić information content (AvgIpc) is 2.98. The molecule has 2 N–H and O–H groups in total. The molecule has 0 amide bonds. The van der Waals surface area contributed by atoms with Crippen LogP contribution in [0.2, 0.25) is 0 Å². The van der Waals surface area contributed by atoms with Gasteiger partial charge >= 0.3 is 0 Å². The van der Waals surface area contributed by atoms with Gasteiger partial charge in [-0.3, -0.25) is 0 Å². The summed E-state index contributed by atoms with van der Waals surface area (Å²) in [5.74, 6) is 3.18. The molecule has 3 aliphatic heterocycles. The summed E-state index contributed by atoms with van der Waals surface area (Å²) in [6, 6.07) is 10.4. The Morgan fingerprint density at radius 1 is 1.19 bits per heavy atom. The van der Waals surface area contributed by atoms with E-state index in [0.29, 0.717) is 6.61 Å². The summed E-state index contributed by atoms with van der Waals surface area (Å²) in [6.07, 6.45) is 12.5. The fourth-order valence-corrected chi connectivity index (χ4v) is 5.21. The molecule has 0 bridgehead atoms. The molecule has 3 aliphatic rings. The highest BCUT2D eigenvalue weighted by Gasteiger charge is 2.33. The normalized spacial score (nSPS) is 16.9. The Labute approximate surface area is 249 Å². The number of ether oxygens (including phenoxy) is 2. The van der Waals surface area contributed by atoms with E-state index >= 15 is 0 Å². The van der Waals surface area contributed by atoms with Crippen LogP contribution in [0, 0.1) is 13.8 Å². The molecule has 0 saturated carbocycles. The van der Waals surface area contributed by atoms with Crippen LogP contribution in [0.5, 0.6) is 11.5 Å². The first-order valence-corrected chi connectivity index (χ1v) is 14.6. The van der Waals surface area contributed by atoms with Crippen LogP contribution >= 0.6 is 0 Å². The fourth-order valence-electron chi connectivity index (χ4n) is 5.21. The van der Waals surface area contributed by atoms with Crippen LogP contribution in [-0.2, 0) is 0 Å². The lowest BCUT2D eigenvalue weighted by Crippen LogP contribution is -2.44. The minimum atomic E-state index is 0.570. The van der Waals surface area contributed by atoms with E-state index < -0.39 is 0 Å². The van der Waals surface area contributed by atoms with Crippen LogP contribution in [0.15, 0.2) is 88.1 Å². The summed E-state index contributed by atoms with van der Waals surface area (Å²) in [4.78, 5) is 4.88. The van der Waals surface area contributed by atoms with E-state index in [1.807, 2.05) is 48.6 Å². The van der Waals surface area contributed by atoms with E-state index in [-0.39, 0.29) is 0 Å². The Bertz CT molecular complexity index is 1570. The number of aryl methyl sites for hydroxylation is 2. The lowest BCUT2D eigenvalue weighted by atomic mass is 10.0. The van der Waals surface area contributed by atoms with Gasteiger partial charge in [-0.15, -0.1) is 0 Å². The van der Waals surface area contributed by atoms with Gasteiger partial charge in [0, 0.05) is 36.4 Å². The van der Waals surface area contributed by atoms with Gasteiger partial charge in [0.05, 0.1) is 24.4 Å². The number of allylic oxidation sites excluding steroid dienone is 4. The van der Waals surface area contributed by atoms with Crippen molar-refractivity contribution >= 4 is 29.1 Å². The maximum Gasteiger partial charge on any atom is 0.248 e. The van der Waals surface area contributed by atoms with E-state index in [9.17, 15) is 0 Å². The third-order valence-electron chi connectivity index (χ3n) is 7.35. The molecule has 3 heterocycles. The molecule has 0 radical (unpaired) electrons. The van der Waals surface area contributed by atoms with Crippen LogP contribution in [0.4, 0.5) is 11.4 Å². The predicted molar refractivity (Wildman–Crippen MR) is 172 cm³/mol. The van der Waals surface area contributed by atoms with Crippen LogP contribution in [0.1, 0.15) is 50.8 Å². The van der Waals surface area contributed by atoms with E-state index in [1.165, 1.54) is 5.71 Å². The second kappa shape index (κ2) is 13.0. The summed E-state index contributed by atoms with van der Waals surface area (Å²) in [5, 5.41) is 13.3. The number of amidine groups is 1. The highest BCUT2D eigenvalue weighted by atomic mass is 16.5. The van der Waals surface area contributed by atoms with Gasteiger partial charge in [0.2, 0.25) is 17.1 Å². The van der Waals surface area contributed by atoms with Crippen molar-refractivity contribution in [1.29, 1.82) is 0 Å². The number of aliphatic imine (C=N–C) groups is 1. The molecular formula is C34H41N6O2+. The summed E-state index contributed by atoms with van der Waals surface area (Å²) >= 11 is 0. The van der Waals surface area contributed by atoms with Gasteiger partial charge < -0.3 is 20.1 Å². The molecule has 0 saturated heterocycles. The SMILES string of the molecule is C/C=N\N1C=CC(Oc2ccc(NC(=N/C=C/CC)c3c(C)ccc4c3OCC3=[N+]4CCNC3)cc2C)=CC1=C(C)C. The van der Waals surface area contributed by atoms with E-state index in [1.54, 1.807) is 6.21 Å². The van der Waals surface area contributed by atoms with Crippen molar-refractivity contribution in [3.8, 4) is 11.5 Å². The molecule has 0 aliphatic carbocycles. The van der Waals surface area contributed by atoms with Crippen LogP contribution in [0.25, 0.3) is 0 Å². The molecule has 0 atom stereocenters. The van der Waals surface area contributed by atoms with Gasteiger partial charge in [-0.1, -0.05) is 24.6 Å². The second-order valence-electron chi connectivity index (χ2n) is 10.7. The standard InChI is InChI=1S/C34H41N6O2/c1-7-9-15-36-34(32-24(5)10-12-29-33(32)41-22-27-21-35-16-18-39(27)29)38-26-11-13-31(25(6)19-26)42-28-14-17-40(37-8-2)30(20-28)23(3)4/h8-15,17,19-20,35H,7,16,18,21-22H2,1-6H3,(H,36,38)/q+1/b15-9+,37-8-. The first kappa shape index (κ1) is 29.1. The van der Waals surface area contributed by atoms with Crippen molar-refractivity contribution < 1.29 is 14.0 Å². The Morgan fingerprint density at radius 3 is 2.81 bits per heavy atom. The van der Waals surface area contributed by atoms with Gasteiger partial charge in [-0.05, 0) is 76.4 Å². The summed E-state index contributed by atoms with van der Waals surface area (Å²) in [5.41, 5.74) is 8.53. The first-order chi connectivity index (χ1) is 20.4. The quantitative estimate of drug-likeness (QED) is 0.226. The molecule has 2 aromatic rings. The maximum atomic E-state index is 6.39. The molecule has 2 aromatic carbocycles. The monoisotopic (exact) mass is 565 g/mol. The number of rotatable bonds is 7. The number of anilines is 1. The highest BCUT2D eigenvalue weighted by molar-refractivity contribution is 6.12. The van der Waals surface area contributed by atoms with E-state index in [2.05, 4.69) is 79.2 Å². The Balaban J connectivity index is 1.44. The zero-order valence-electron chi connectivity index (χ0n) is 25.5. The van der Waals surface area contributed by atoms with Gasteiger partial charge in [0.25, 0.3) is 0 Å². The van der Waals surface area contributed by atoms with Crippen molar-refractivity contribution in [3.05, 3.63) is 94.7 Å². The average molecular weight is 566 g/mol. The molecule has 0 fully saturated rings. The van der Waals surface area contributed by atoms with Gasteiger partial charge in [-0.2, -0.15) is 9.68 Å². The number of nitrogens with zero attached hydrogens (tertiary/aromatic N) is 4. The Hall–Kier alpha value is -4.43. The molecule has 8 nitrogen and oxygen atoms in total. The van der Waals surface area contributed by atoms with Crippen LogP contribution in [0.3, 0.4) is 0 Å². The fraction of sp³-hybridized carbons (Fsp3) is 0.324. The van der Waals surface area contributed by atoms with Crippen molar-refractivity contribution in [1.82, 2.24) is 10.3 Å². The zero-order chi connectivity index (χ0) is 29.6.